The van der Waals surface area contributed by atoms with Crippen molar-refractivity contribution in [3.63, 3.8) is 0 Å². The minimum absolute atomic E-state index is 0.197. The fourth-order valence-electron chi connectivity index (χ4n) is 0.884. The van der Waals surface area contributed by atoms with Gasteiger partial charge >= 0.3 is 0 Å². The summed E-state index contributed by atoms with van der Waals surface area (Å²) in [6, 6.07) is 0. The number of nitro groups is 1. The molecule has 1 heterocycles. The number of allylic oxidation sites excluding steroid dienone is 2. The third-order valence-corrected chi connectivity index (χ3v) is 1.72. The maximum Gasteiger partial charge on any atom is 0.287 e. The van der Waals surface area contributed by atoms with E-state index >= 15 is 0 Å². The molecule has 1 aliphatic rings. The van der Waals surface area contributed by atoms with E-state index in [1.54, 1.807) is 13.0 Å². The Balaban J connectivity index is 2.82. The molecule has 0 spiro atoms. The molecule has 0 fully saturated rings. The number of Topliss-reactive ketones (excluding diaryl/α,β-unsaturated/α-hetero) is 1. The standard InChI is InChI=1S/C8H9NO4/c1-6-2-3-13-5-7(9(11)12)4-8(6)10/h2,5H,3-4H2,1H3. The Morgan fingerprint density at radius 1 is 1.62 bits per heavy atom. The molecule has 5 nitrogen and oxygen atoms in total. The normalized spacial score (nSPS) is 17.8. The molecule has 0 saturated carbocycles. The van der Waals surface area contributed by atoms with Crippen molar-refractivity contribution in [3.8, 4) is 0 Å². The van der Waals surface area contributed by atoms with Gasteiger partial charge in [0.2, 0.25) is 0 Å². The summed E-state index contributed by atoms with van der Waals surface area (Å²) in [6.07, 6.45) is 2.44. The zero-order valence-corrected chi connectivity index (χ0v) is 7.15. The maximum absolute atomic E-state index is 11.2. The van der Waals surface area contributed by atoms with Crippen LogP contribution < -0.4 is 0 Å². The first-order chi connectivity index (χ1) is 6.11. The first-order valence-electron chi connectivity index (χ1n) is 3.76. The van der Waals surface area contributed by atoms with Crippen LogP contribution in [0.15, 0.2) is 23.6 Å². The Hall–Kier alpha value is -1.65. The molecular weight excluding hydrogens is 174 g/mol. The zero-order chi connectivity index (χ0) is 9.84. The Bertz CT molecular complexity index is 303. The number of rotatable bonds is 1. The van der Waals surface area contributed by atoms with E-state index in [1.807, 2.05) is 0 Å². The van der Waals surface area contributed by atoms with Crippen molar-refractivity contribution in [2.45, 2.75) is 13.3 Å². The van der Waals surface area contributed by atoms with Crippen molar-refractivity contribution in [1.82, 2.24) is 0 Å². The van der Waals surface area contributed by atoms with Gasteiger partial charge in [0.25, 0.3) is 5.70 Å². The van der Waals surface area contributed by atoms with Gasteiger partial charge in [-0.05, 0) is 18.6 Å². The zero-order valence-electron chi connectivity index (χ0n) is 7.15. The predicted molar refractivity (Wildman–Crippen MR) is 44.4 cm³/mol. The van der Waals surface area contributed by atoms with E-state index in [0.717, 1.165) is 6.26 Å². The van der Waals surface area contributed by atoms with Crippen LogP contribution in [0, 0.1) is 10.1 Å². The van der Waals surface area contributed by atoms with Crippen LogP contribution in [-0.4, -0.2) is 17.3 Å². The molecule has 0 aliphatic carbocycles. The fraction of sp³-hybridized carbons (Fsp3) is 0.375. The van der Waals surface area contributed by atoms with Crippen LogP contribution in [0.1, 0.15) is 13.3 Å². The molecule has 0 aromatic rings. The van der Waals surface area contributed by atoms with Crippen molar-refractivity contribution in [1.29, 1.82) is 0 Å². The summed E-state index contributed by atoms with van der Waals surface area (Å²) < 4.78 is 4.83. The number of carbonyl (C=O) groups is 1. The topological polar surface area (TPSA) is 69.4 Å². The van der Waals surface area contributed by atoms with Crippen LogP contribution in [-0.2, 0) is 9.53 Å². The quantitative estimate of drug-likeness (QED) is 0.450. The third kappa shape index (κ3) is 2.40. The second-order valence-corrected chi connectivity index (χ2v) is 2.69. The second-order valence-electron chi connectivity index (χ2n) is 2.69. The molecule has 0 aromatic carbocycles. The van der Waals surface area contributed by atoms with Gasteiger partial charge in [0.05, 0.1) is 4.92 Å². The first-order valence-corrected chi connectivity index (χ1v) is 3.76. The largest absolute Gasteiger partial charge is 0.490 e. The number of nitrogens with zero attached hydrogens (tertiary/aromatic N) is 1. The molecule has 0 aromatic heterocycles. The van der Waals surface area contributed by atoms with Gasteiger partial charge in [-0.3, -0.25) is 14.9 Å². The minimum atomic E-state index is -0.601. The second kappa shape index (κ2) is 3.84. The summed E-state index contributed by atoms with van der Waals surface area (Å²) in [4.78, 5) is 21.0. The molecule has 0 saturated heterocycles. The van der Waals surface area contributed by atoms with Gasteiger partial charge in [0.15, 0.2) is 12.0 Å². The molecule has 5 heteroatoms. The number of hydrogen-bond acceptors (Lipinski definition) is 4. The van der Waals surface area contributed by atoms with Crippen molar-refractivity contribution in [2.75, 3.05) is 6.61 Å². The van der Waals surface area contributed by atoms with Crippen LogP contribution in [0.25, 0.3) is 0 Å². The maximum atomic E-state index is 11.2. The minimum Gasteiger partial charge on any atom is -0.490 e. The Labute approximate surface area is 74.8 Å². The van der Waals surface area contributed by atoms with Crippen molar-refractivity contribution >= 4 is 5.78 Å². The Kier molecular flexibility index (Phi) is 2.79. The highest BCUT2D eigenvalue weighted by atomic mass is 16.6. The van der Waals surface area contributed by atoms with Gasteiger partial charge in [-0.2, -0.15) is 0 Å². The average molecular weight is 183 g/mol. The van der Waals surface area contributed by atoms with Crippen molar-refractivity contribution < 1.29 is 14.5 Å². The summed E-state index contributed by atoms with van der Waals surface area (Å²) >= 11 is 0. The van der Waals surface area contributed by atoms with E-state index in [0.29, 0.717) is 5.57 Å². The van der Waals surface area contributed by atoms with Gasteiger partial charge < -0.3 is 4.74 Å². The number of hydrogen-bond donors (Lipinski definition) is 0. The highest BCUT2D eigenvalue weighted by molar-refractivity contribution is 5.96. The summed E-state index contributed by atoms with van der Waals surface area (Å²) in [6.45, 7) is 1.82. The molecule has 1 aliphatic heterocycles. The lowest BCUT2D eigenvalue weighted by Gasteiger charge is -2.04. The summed E-state index contributed by atoms with van der Waals surface area (Å²) in [5.41, 5.74) is 0.310. The van der Waals surface area contributed by atoms with Crippen molar-refractivity contribution in [2.24, 2.45) is 0 Å². The first kappa shape index (κ1) is 9.44. The lowest BCUT2D eigenvalue weighted by molar-refractivity contribution is -0.428. The van der Waals surface area contributed by atoms with Gasteiger partial charge in [0.1, 0.15) is 13.0 Å². The highest BCUT2D eigenvalue weighted by Gasteiger charge is 2.19. The molecular formula is C8H9NO4. The van der Waals surface area contributed by atoms with E-state index in [9.17, 15) is 14.9 Å². The summed E-state index contributed by atoms with van der Waals surface area (Å²) in [7, 11) is 0. The molecule has 0 bridgehead atoms. The van der Waals surface area contributed by atoms with Gasteiger partial charge in [0, 0.05) is 0 Å². The molecule has 0 atom stereocenters. The lowest BCUT2D eigenvalue weighted by Crippen LogP contribution is -2.10. The molecule has 70 valence electrons. The summed E-state index contributed by atoms with van der Waals surface area (Å²) in [5.74, 6) is -0.230. The fourth-order valence-corrected chi connectivity index (χ4v) is 0.884. The third-order valence-electron chi connectivity index (χ3n) is 1.72. The average Bonchev–Trinajstić information content (AvgIpc) is 2.06. The Morgan fingerprint density at radius 2 is 2.31 bits per heavy atom. The number of carbonyl (C=O) groups excluding carboxylic acids is 1. The molecule has 0 unspecified atom stereocenters. The molecule has 0 radical (unpaired) electrons. The van der Waals surface area contributed by atoms with Crippen molar-refractivity contribution in [3.05, 3.63) is 33.7 Å². The van der Waals surface area contributed by atoms with Crippen LogP contribution >= 0.6 is 0 Å². The highest BCUT2D eigenvalue weighted by Crippen LogP contribution is 2.11. The van der Waals surface area contributed by atoms with Gasteiger partial charge in [-0.15, -0.1) is 0 Å². The van der Waals surface area contributed by atoms with E-state index in [1.165, 1.54) is 0 Å². The molecule has 13 heavy (non-hydrogen) atoms. The lowest BCUT2D eigenvalue weighted by atomic mass is 10.1. The van der Waals surface area contributed by atoms with E-state index in [-0.39, 0.29) is 24.5 Å². The van der Waals surface area contributed by atoms with E-state index < -0.39 is 4.92 Å². The van der Waals surface area contributed by atoms with Crippen LogP contribution in [0.3, 0.4) is 0 Å². The molecule has 0 N–H and O–H groups in total. The van der Waals surface area contributed by atoms with Crippen LogP contribution in [0.4, 0.5) is 0 Å². The van der Waals surface area contributed by atoms with Gasteiger partial charge in [-0.1, -0.05) is 0 Å². The number of ketones is 1. The number of ether oxygens (including phenoxy) is 1. The predicted octanol–water partition coefficient (Wildman–Crippen LogP) is 1.04. The van der Waals surface area contributed by atoms with Gasteiger partial charge in [-0.25, -0.2) is 0 Å². The Morgan fingerprint density at radius 3 is 2.92 bits per heavy atom. The summed E-state index contributed by atoms with van der Waals surface area (Å²) in [5, 5.41) is 10.4. The monoisotopic (exact) mass is 183 g/mol. The smallest absolute Gasteiger partial charge is 0.287 e. The SMILES string of the molecule is CC1=CCOC=C([N+](=O)[O-])CC1=O. The van der Waals surface area contributed by atoms with Crippen LogP contribution in [0.2, 0.25) is 0 Å². The van der Waals surface area contributed by atoms with E-state index in [2.05, 4.69) is 0 Å². The van der Waals surface area contributed by atoms with Crippen LogP contribution in [0.5, 0.6) is 0 Å². The molecule has 0 amide bonds. The van der Waals surface area contributed by atoms with E-state index in [4.69, 9.17) is 4.74 Å². The molecule has 1 rings (SSSR count).